The maximum absolute atomic E-state index is 13.9. The molecule has 2 atom stereocenters. The molecule has 0 aromatic heterocycles. The zero-order chi connectivity index (χ0) is 24.7. The van der Waals surface area contributed by atoms with E-state index in [2.05, 4.69) is 11.8 Å². The minimum absolute atomic E-state index is 0.119. The number of rotatable bonds is 4. The first-order valence-electron chi connectivity index (χ1n) is 11.9. The molecular formula is C29H28F2N2O2. The van der Waals surface area contributed by atoms with E-state index in [4.69, 9.17) is 0 Å². The third kappa shape index (κ3) is 4.34. The molecule has 4 nitrogen and oxygen atoms in total. The van der Waals surface area contributed by atoms with Crippen LogP contribution in [0.2, 0.25) is 0 Å². The second-order valence-corrected chi connectivity index (χ2v) is 9.67. The van der Waals surface area contributed by atoms with Gasteiger partial charge in [0.05, 0.1) is 5.54 Å². The fraction of sp³-hybridized carbons (Fsp3) is 0.276. The molecule has 0 saturated carbocycles. The summed E-state index contributed by atoms with van der Waals surface area (Å²) in [6.45, 7) is 5.45. The van der Waals surface area contributed by atoms with Crippen molar-refractivity contribution in [3.05, 3.63) is 95.6 Å². The number of phenols is 1. The summed E-state index contributed by atoms with van der Waals surface area (Å²) in [5.41, 5.74) is 3.30. The highest BCUT2D eigenvalue weighted by atomic mass is 19.1. The van der Waals surface area contributed by atoms with Gasteiger partial charge in [-0.3, -0.25) is 14.6 Å². The minimum atomic E-state index is -0.473. The summed E-state index contributed by atoms with van der Waals surface area (Å²) < 4.78 is 27.8. The highest BCUT2D eigenvalue weighted by Gasteiger charge is 2.46. The van der Waals surface area contributed by atoms with Crippen molar-refractivity contribution >= 4 is 11.6 Å². The number of benzene rings is 3. The summed E-state index contributed by atoms with van der Waals surface area (Å²) >= 11 is 0. The van der Waals surface area contributed by atoms with E-state index in [-0.39, 0.29) is 29.3 Å². The summed E-state index contributed by atoms with van der Waals surface area (Å²) in [4.78, 5) is 16.8. The molecule has 3 aromatic rings. The van der Waals surface area contributed by atoms with E-state index in [9.17, 15) is 18.7 Å². The number of halogens is 2. The zero-order valence-corrected chi connectivity index (χ0v) is 19.8. The lowest BCUT2D eigenvalue weighted by Gasteiger charge is -2.47. The van der Waals surface area contributed by atoms with Crippen LogP contribution in [-0.2, 0) is 11.3 Å². The third-order valence-electron chi connectivity index (χ3n) is 7.31. The number of phenolic OH excluding ortho intramolecular Hbond substituents is 1. The van der Waals surface area contributed by atoms with Gasteiger partial charge >= 0.3 is 0 Å². The van der Waals surface area contributed by atoms with Crippen molar-refractivity contribution in [2.45, 2.75) is 44.8 Å². The Morgan fingerprint density at radius 1 is 1.03 bits per heavy atom. The summed E-state index contributed by atoms with van der Waals surface area (Å²) in [6.07, 6.45) is 5.02. The molecule has 0 aliphatic carbocycles. The summed E-state index contributed by atoms with van der Waals surface area (Å²) in [5.74, 6) is -0.704. The number of aryl methyl sites for hydroxylation is 1. The van der Waals surface area contributed by atoms with Crippen molar-refractivity contribution in [3.63, 3.8) is 0 Å². The molecular weight excluding hydrogens is 446 g/mol. The van der Waals surface area contributed by atoms with E-state index in [1.807, 2.05) is 25.1 Å². The van der Waals surface area contributed by atoms with Crippen LogP contribution in [0.5, 0.6) is 5.75 Å². The maximum atomic E-state index is 13.9. The van der Waals surface area contributed by atoms with Crippen molar-refractivity contribution in [1.82, 2.24) is 4.90 Å². The molecule has 1 amide bonds. The average Bonchev–Trinajstić information content (AvgIpc) is 3.14. The van der Waals surface area contributed by atoms with Crippen molar-refractivity contribution in [1.29, 1.82) is 0 Å². The van der Waals surface area contributed by atoms with Crippen molar-refractivity contribution < 1.29 is 18.7 Å². The number of anilines is 1. The van der Waals surface area contributed by atoms with Gasteiger partial charge in [-0.1, -0.05) is 24.3 Å². The molecule has 1 fully saturated rings. The Kier molecular flexibility index (Phi) is 5.93. The molecule has 2 aliphatic heterocycles. The van der Waals surface area contributed by atoms with Crippen LogP contribution in [-0.4, -0.2) is 34.0 Å². The monoisotopic (exact) mass is 474 g/mol. The molecule has 3 aromatic carbocycles. The molecule has 1 spiro atoms. The highest BCUT2D eigenvalue weighted by molar-refractivity contribution is 6.06. The van der Waals surface area contributed by atoms with Crippen LogP contribution in [0, 0.1) is 18.6 Å². The quantitative estimate of drug-likeness (QED) is 0.507. The predicted molar refractivity (Wildman–Crippen MR) is 133 cm³/mol. The number of carbonyl (C=O) groups is 1. The van der Waals surface area contributed by atoms with Gasteiger partial charge < -0.3 is 5.11 Å². The topological polar surface area (TPSA) is 43.8 Å². The number of amides is 1. The van der Waals surface area contributed by atoms with E-state index >= 15 is 0 Å². The molecule has 0 unspecified atom stereocenters. The standard InChI is InChI=1S/C29H28F2N2O2/c1-19-6-8-23(31)16-25(19)26-14-21(7-9-27(26)34)18-32-13-12-29(17-20(32)2)11-10-28(35)33(29)24-5-3-4-22(30)15-24/h3-11,14-16,20,34H,12-13,17-18H2,1-2H3/t20-,29+/m0/s1. The van der Waals surface area contributed by atoms with E-state index in [1.54, 1.807) is 35.2 Å². The lowest BCUT2D eigenvalue weighted by atomic mass is 9.82. The van der Waals surface area contributed by atoms with Crippen LogP contribution >= 0.6 is 0 Å². The Hall–Kier alpha value is -3.51. The molecule has 6 heteroatoms. The van der Waals surface area contributed by atoms with Gasteiger partial charge in [-0.25, -0.2) is 8.78 Å². The molecule has 35 heavy (non-hydrogen) atoms. The van der Waals surface area contributed by atoms with Gasteiger partial charge in [-0.05, 0) is 85.8 Å². The van der Waals surface area contributed by atoms with Crippen molar-refractivity contribution in [2.24, 2.45) is 0 Å². The summed E-state index contributed by atoms with van der Waals surface area (Å²) in [7, 11) is 0. The number of hydrogen-bond donors (Lipinski definition) is 1. The second kappa shape index (κ2) is 8.93. The van der Waals surface area contributed by atoms with Gasteiger partial charge in [-0.2, -0.15) is 0 Å². The van der Waals surface area contributed by atoms with Crippen LogP contribution in [0.4, 0.5) is 14.5 Å². The number of piperidine rings is 1. The third-order valence-corrected chi connectivity index (χ3v) is 7.31. The van der Waals surface area contributed by atoms with Crippen LogP contribution in [0.25, 0.3) is 11.1 Å². The minimum Gasteiger partial charge on any atom is -0.507 e. The molecule has 2 aliphatic rings. The first-order chi connectivity index (χ1) is 16.8. The van der Waals surface area contributed by atoms with Crippen LogP contribution in [0.3, 0.4) is 0 Å². The Labute approximate surface area is 204 Å². The van der Waals surface area contributed by atoms with E-state index in [0.29, 0.717) is 23.4 Å². The Bertz CT molecular complexity index is 1320. The van der Waals surface area contributed by atoms with Crippen LogP contribution < -0.4 is 4.90 Å². The Morgan fingerprint density at radius 2 is 1.83 bits per heavy atom. The lowest BCUT2D eigenvalue weighted by Crippen LogP contribution is -2.56. The van der Waals surface area contributed by atoms with Gasteiger partial charge in [-0.15, -0.1) is 0 Å². The van der Waals surface area contributed by atoms with E-state index in [1.165, 1.54) is 24.3 Å². The van der Waals surface area contributed by atoms with Crippen LogP contribution in [0.15, 0.2) is 72.8 Å². The highest BCUT2D eigenvalue weighted by Crippen LogP contribution is 2.41. The lowest BCUT2D eigenvalue weighted by molar-refractivity contribution is -0.114. The fourth-order valence-corrected chi connectivity index (χ4v) is 5.50. The SMILES string of the molecule is Cc1ccc(F)cc1-c1cc(CN2CC[C@]3(C=CC(=O)N3c3cccc(F)c3)C[C@@H]2C)ccc1O. The van der Waals surface area contributed by atoms with E-state index < -0.39 is 5.54 Å². The molecule has 0 radical (unpaired) electrons. The molecule has 180 valence electrons. The van der Waals surface area contributed by atoms with E-state index in [0.717, 1.165) is 30.5 Å². The molecule has 5 rings (SSSR count). The van der Waals surface area contributed by atoms with Gasteiger partial charge in [0, 0.05) is 36.5 Å². The fourth-order valence-electron chi connectivity index (χ4n) is 5.50. The molecule has 2 heterocycles. The molecule has 1 saturated heterocycles. The number of hydrogen-bond acceptors (Lipinski definition) is 3. The number of aromatic hydroxyl groups is 1. The first kappa shape index (κ1) is 23.2. The second-order valence-electron chi connectivity index (χ2n) is 9.67. The summed E-state index contributed by atoms with van der Waals surface area (Å²) in [6, 6.07) is 16.4. The molecule has 1 N–H and O–H groups in total. The molecule has 0 bridgehead atoms. The van der Waals surface area contributed by atoms with Crippen LogP contribution in [0.1, 0.15) is 30.9 Å². The number of carbonyl (C=O) groups excluding carboxylic acids is 1. The zero-order valence-electron chi connectivity index (χ0n) is 19.8. The summed E-state index contributed by atoms with van der Waals surface area (Å²) in [5, 5.41) is 10.5. The number of likely N-dealkylation sites (tertiary alicyclic amines) is 1. The number of nitrogens with zero attached hydrogens (tertiary/aromatic N) is 2. The largest absolute Gasteiger partial charge is 0.507 e. The van der Waals surface area contributed by atoms with Gasteiger partial charge in [0.15, 0.2) is 0 Å². The first-order valence-corrected chi connectivity index (χ1v) is 11.9. The average molecular weight is 475 g/mol. The van der Waals surface area contributed by atoms with Crippen molar-refractivity contribution in [2.75, 3.05) is 11.4 Å². The van der Waals surface area contributed by atoms with Gasteiger partial charge in [0.2, 0.25) is 0 Å². The predicted octanol–water partition coefficient (Wildman–Crippen LogP) is 5.97. The van der Waals surface area contributed by atoms with Gasteiger partial charge in [0.1, 0.15) is 17.4 Å². The smallest absolute Gasteiger partial charge is 0.251 e. The maximum Gasteiger partial charge on any atom is 0.251 e. The van der Waals surface area contributed by atoms with Crippen molar-refractivity contribution in [3.8, 4) is 16.9 Å². The normalized spacial score (nSPS) is 22.3. The Morgan fingerprint density at radius 3 is 2.60 bits per heavy atom. The Balaban J connectivity index is 1.37. The van der Waals surface area contributed by atoms with Gasteiger partial charge in [0.25, 0.3) is 5.91 Å².